The zero-order valence-electron chi connectivity index (χ0n) is 15.0. The summed E-state index contributed by atoms with van der Waals surface area (Å²) in [4.78, 5) is 26.7. The van der Waals surface area contributed by atoms with E-state index in [-0.39, 0.29) is 6.03 Å². The van der Waals surface area contributed by atoms with E-state index in [2.05, 4.69) is 38.6 Å². The molecule has 0 spiro atoms. The number of anilines is 2. The van der Waals surface area contributed by atoms with Gasteiger partial charge in [0.05, 0.1) is 24.2 Å². The average Bonchev–Trinajstić information content (AvgIpc) is 3.04. The Labute approximate surface area is 151 Å². The summed E-state index contributed by atoms with van der Waals surface area (Å²) in [6.07, 6.45) is 0. The number of aromatic nitrogens is 2. The highest BCUT2D eigenvalue weighted by Gasteiger charge is 2.24. The van der Waals surface area contributed by atoms with Gasteiger partial charge in [-0.05, 0) is 32.2 Å². The SMILES string of the molecule is COc1nc(C)c(C)nc1NC(=O)N1CCN(c2ccsc2C)CC1. The fraction of sp³-hybridized carbons (Fsp3) is 0.471. The van der Waals surface area contributed by atoms with Crippen LogP contribution in [-0.4, -0.2) is 54.2 Å². The van der Waals surface area contributed by atoms with E-state index < -0.39 is 0 Å². The van der Waals surface area contributed by atoms with Gasteiger partial charge in [-0.25, -0.2) is 14.8 Å². The summed E-state index contributed by atoms with van der Waals surface area (Å²) >= 11 is 1.75. The lowest BCUT2D eigenvalue weighted by atomic mass is 10.3. The van der Waals surface area contributed by atoms with Gasteiger partial charge in [-0.3, -0.25) is 5.32 Å². The second kappa shape index (κ2) is 7.26. The standard InChI is InChI=1S/C17H23N5O2S/c1-11-12(2)19-16(24-4)15(18-11)20-17(23)22-8-6-21(7-9-22)14-5-10-25-13(14)3/h5,10H,6-9H2,1-4H3,(H,18,20,23). The van der Waals surface area contributed by atoms with Crippen molar-refractivity contribution in [1.29, 1.82) is 0 Å². The Morgan fingerprint density at radius 2 is 1.84 bits per heavy atom. The summed E-state index contributed by atoms with van der Waals surface area (Å²) < 4.78 is 5.23. The number of amides is 2. The third kappa shape index (κ3) is 3.68. The Bertz CT molecular complexity index is 768. The number of nitrogens with zero attached hydrogens (tertiary/aromatic N) is 4. The highest BCUT2D eigenvalue weighted by molar-refractivity contribution is 7.10. The molecule has 1 saturated heterocycles. The van der Waals surface area contributed by atoms with Gasteiger partial charge in [0.2, 0.25) is 0 Å². The Morgan fingerprint density at radius 1 is 1.16 bits per heavy atom. The van der Waals surface area contributed by atoms with Gasteiger partial charge in [0.1, 0.15) is 0 Å². The van der Waals surface area contributed by atoms with Crippen LogP contribution in [0.25, 0.3) is 0 Å². The molecule has 0 unspecified atom stereocenters. The van der Waals surface area contributed by atoms with Gasteiger partial charge in [-0.15, -0.1) is 11.3 Å². The van der Waals surface area contributed by atoms with Crippen molar-refractivity contribution in [2.24, 2.45) is 0 Å². The number of methoxy groups -OCH3 is 1. The Kier molecular flexibility index (Phi) is 5.08. The molecule has 2 amide bonds. The molecule has 1 N–H and O–H groups in total. The third-order valence-electron chi connectivity index (χ3n) is 4.43. The van der Waals surface area contributed by atoms with E-state index in [1.54, 1.807) is 16.2 Å². The van der Waals surface area contributed by atoms with Gasteiger partial charge in [0, 0.05) is 31.1 Å². The maximum absolute atomic E-state index is 12.6. The predicted molar refractivity (Wildman–Crippen MR) is 99.9 cm³/mol. The number of rotatable bonds is 3. The zero-order chi connectivity index (χ0) is 18.0. The first kappa shape index (κ1) is 17.5. The molecule has 1 fully saturated rings. The van der Waals surface area contributed by atoms with Crippen LogP contribution in [0.15, 0.2) is 11.4 Å². The molecule has 3 heterocycles. The minimum Gasteiger partial charge on any atom is -0.478 e. The maximum Gasteiger partial charge on any atom is 0.323 e. The molecule has 2 aromatic rings. The van der Waals surface area contributed by atoms with Crippen LogP contribution in [0.4, 0.5) is 16.3 Å². The summed E-state index contributed by atoms with van der Waals surface area (Å²) in [5, 5.41) is 4.94. The van der Waals surface area contributed by atoms with E-state index in [1.165, 1.54) is 17.7 Å². The van der Waals surface area contributed by atoms with Crippen LogP contribution >= 0.6 is 11.3 Å². The number of nitrogens with one attached hydrogen (secondary N) is 1. The molecule has 0 bridgehead atoms. The summed E-state index contributed by atoms with van der Waals surface area (Å²) in [5.74, 6) is 0.704. The highest BCUT2D eigenvalue weighted by atomic mass is 32.1. The largest absolute Gasteiger partial charge is 0.478 e. The van der Waals surface area contributed by atoms with Gasteiger partial charge in [0.15, 0.2) is 5.82 Å². The Hall–Kier alpha value is -2.35. The van der Waals surface area contributed by atoms with Gasteiger partial charge in [0.25, 0.3) is 5.88 Å². The number of urea groups is 1. The van der Waals surface area contributed by atoms with E-state index in [1.807, 2.05) is 13.8 Å². The minimum absolute atomic E-state index is 0.169. The molecule has 7 nitrogen and oxygen atoms in total. The number of piperazine rings is 1. The summed E-state index contributed by atoms with van der Waals surface area (Å²) in [7, 11) is 1.52. The van der Waals surface area contributed by atoms with Crippen molar-refractivity contribution < 1.29 is 9.53 Å². The van der Waals surface area contributed by atoms with Crippen LogP contribution in [0, 0.1) is 20.8 Å². The second-order valence-corrected chi connectivity index (χ2v) is 7.14. The molecule has 0 aliphatic carbocycles. The van der Waals surface area contributed by atoms with Gasteiger partial charge < -0.3 is 14.5 Å². The summed E-state index contributed by atoms with van der Waals surface area (Å²) in [6, 6.07) is 1.98. The number of thiophene rings is 1. The minimum atomic E-state index is -0.169. The van der Waals surface area contributed by atoms with Crippen molar-refractivity contribution >= 4 is 28.9 Å². The third-order valence-corrected chi connectivity index (χ3v) is 5.27. The lowest BCUT2D eigenvalue weighted by Crippen LogP contribution is -2.50. The number of hydrogen-bond acceptors (Lipinski definition) is 6. The Balaban J connectivity index is 1.64. The Morgan fingerprint density at radius 3 is 2.44 bits per heavy atom. The van der Waals surface area contributed by atoms with Crippen LogP contribution in [0.1, 0.15) is 16.3 Å². The fourth-order valence-electron chi connectivity index (χ4n) is 2.84. The van der Waals surface area contributed by atoms with E-state index in [4.69, 9.17) is 4.74 Å². The normalized spacial score (nSPS) is 14.6. The molecular formula is C17H23N5O2S. The lowest BCUT2D eigenvalue weighted by molar-refractivity contribution is 0.208. The van der Waals surface area contributed by atoms with Crippen LogP contribution < -0.4 is 15.0 Å². The molecule has 25 heavy (non-hydrogen) atoms. The van der Waals surface area contributed by atoms with Crippen molar-refractivity contribution in [2.75, 3.05) is 43.5 Å². The topological polar surface area (TPSA) is 70.6 Å². The van der Waals surface area contributed by atoms with Crippen molar-refractivity contribution in [3.05, 3.63) is 27.7 Å². The van der Waals surface area contributed by atoms with Gasteiger partial charge in [-0.1, -0.05) is 0 Å². The molecule has 3 rings (SSSR count). The van der Waals surface area contributed by atoms with E-state index >= 15 is 0 Å². The molecule has 0 radical (unpaired) electrons. The van der Waals surface area contributed by atoms with Crippen LogP contribution in [0.5, 0.6) is 5.88 Å². The smallest absolute Gasteiger partial charge is 0.323 e. The van der Waals surface area contributed by atoms with Crippen molar-refractivity contribution in [3.63, 3.8) is 0 Å². The number of aryl methyl sites for hydroxylation is 3. The van der Waals surface area contributed by atoms with Gasteiger partial charge in [-0.2, -0.15) is 0 Å². The molecule has 0 aromatic carbocycles. The quantitative estimate of drug-likeness (QED) is 0.910. The monoisotopic (exact) mass is 361 g/mol. The number of hydrogen-bond donors (Lipinski definition) is 1. The van der Waals surface area contributed by atoms with Crippen LogP contribution in [0.3, 0.4) is 0 Å². The molecule has 2 aromatic heterocycles. The molecule has 1 aliphatic heterocycles. The lowest BCUT2D eigenvalue weighted by Gasteiger charge is -2.36. The van der Waals surface area contributed by atoms with Crippen molar-refractivity contribution in [1.82, 2.24) is 14.9 Å². The summed E-state index contributed by atoms with van der Waals surface area (Å²) in [6.45, 7) is 8.83. The molecule has 0 saturated carbocycles. The highest BCUT2D eigenvalue weighted by Crippen LogP contribution is 2.26. The van der Waals surface area contributed by atoms with Crippen LogP contribution in [0.2, 0.25) is 0 Å². The molecule has 134 valence electrons. The van der Waals surface area contributed by atoms with E-state index in [0.29, 0.717) is 24.8 Å². The number of ether oxygens (including phenoxy) is 1. The molecule has 8 heteroatoms. The number of carbonyl (C=O) groups excluding carboxylic acids is 1. The molecular weight excluding hydrogens is 338 g/mol. The first-order chi connectivity index (χ1) is 12.0. The predicted octanol–water partition coefficient (Wildman–Crippen LogP) is 2.83. The first-order valence-electron chi connectivity index (χ1n) is 8.23. The van der Waals surface area contributed by atoms with Crippen molar-refractivity contribution in [3.8, 4) is 5.88 Å². The fourth-order valence-corrected chi connectivity index (χ4v) is 3.56. The maximum atomic E-state index is 12.6. The second-order valence-electron chi connectivity index (χ2n) is 6.02. The summed E-state index contributed by atoms with van der Waals surface area (Å²) in [5.41, 5.74) is 2.83. The van der Waals surface area contributed by atoms with E-state index in [0.717, 1.165) is 24.5 Å². The molecule has 1 aliphatic rings. The average molecular weight is 361 g/mol. The number of carbonyl (C=O) groups is 1. The van der Waals surface area contributed by atoms with Crippen LogP contribution in [-0.2, 0) is 0 Å². The zero-order valence-corrected chi connectivity index (χ0v) is 15.8. The van der Waals surface area contributed by atoms with Gasteiger partial charge >= 0.3 is 6.03 Å². The van der Waals surface area contributed by atoms with E-state index in [9.17, 15) is 4.79 Å². The first-order valence-corrected chi connectivity index (χ1v) is 9.11. The van der Waals surface area contributed by atoms with Crippen molar-refractivity contribution in [2.45, 2.75) is 20.8 Å². The molecule has 0 atom stereocenters.